The van der Waals surface area contributed by atoms with Crippen LogP contribution in [0.2, 0.25) is 0 Å². The van der Waals surface area contributed by atoms with Crippen LogP contribution in [0, 0.1) is 0 Å². The first-order valence-corrected chi connectivity index (χ1v) is 10.1. The molecular weight excluding hydrogens is 378 g/mol. The zero-order chi connectivity index (χ0) is 21.4. The fraction of sp³-hybridized carbons (Fsp3) is 0.333. The molecule has 6 heteroatoms. The number of rotatable bonds is 9. The molecule has 30 heavy (non-hydrogen) atoms. The van der Waals surface area contributed by atoms with Gasteiger partial charge in [-0.2, -0.15) is 5.10 Å². The van der Waals surface area contributed by atoms with Crippen LogP contribution in [-0.2, 0) is 21.5 Å². The van der Waals surface area contributed by atoms with E-state index in [4.69, 9.17) is 14.6 Å². The summed E-state index contributed by atoms with van der Waals surface area (Å²) in [6.07, 6.45) is 0. The van der Waals surface area contributed by atoms with Crippen LogP contribution in [0.3, 0.4) is 0 Å². The van der Waals surface area contributed by atoms with Gasteiger partial charge in [-0.05, 0) is 17.7 Å². The van der Waals surface area contributed by atoms with E-state index < -0.39 is 0 Å². The zero-order valence-electron chi connectivity index (χ0n) is 17.8. The van der Waals surface area contributed by atoms with Gasteiger partial charge in [0.2, 0.25) is 0 Å². The van der Waals surface area contributed by atoms with Crippen LogP contribution in [0.25, 0.3) is 0 Å². The van der Waals surface area contributed by atoms with E-state index in [9.17, 15) is 4.79 Å². The number of hydrogen-bond acceptors (Lipinski definition) is 4. The van der Waals surface area contributed by atoms with Crippen molar-refractivity contribution in [2.24, 2.45) is 0 Å². The van der Waals surface area contributed by atoms with Crippen molar-refractivity contribution < 1.29 is 14.3 Å². The molecule has 0 aliphatic heterocycles. The maximum absolute atomic E-state index is 12.4. The molecule has 1 N–H and O–H groups in total. The number of carbonyl (C=O) groups is 1. The van der Waals surface area contributed by atoms with Crippen molar-refractivity contribution in [2.75, 3.05) is 25.1 Å². The zero-order valence-corrected chi connectivity index (χ0v) is 17.8. The highest BCUT2D eigenvalue weighted by Gasteiger charge is 2.21. The van der Waals surface area contributed by atoms with Gasteiger partial charge in [-0.15, -0.1) is 0 Å². The summed E-state index contributed by atoms with van der Waals surface area (Å²) < 4.78 is 12.8. The van der Waals surface area contributed by atoms with Gasteiger partial charge in [0.15, 0.2) is 0 Å². The van der Waals surface area contributed by atoms with E-state index in [0.29, 0.717) is 25.6 Å². The van der Waals surface area contributed by atoms with E-state index in [2.05, 4.69) is 26.1 Å². The Balaban J connectivity index is 1.54. The van der Waals surface area contributed by atoms with Gasteiger partial charge in [0.25, 0.3) is 5.91 Å². The quantitative estimate of drug-likeness (QED) is 0.538. The number of benzene rings is 2. The largest absolute Gasteiger partial charge is 0.491 e. The number of aromatic nitrogens is 2. The summed E-state index contributed by atoms with van der Waals surface area (Å²) in [6.45, 7) is 7.56. The number of carbonyl (C=O) groups excluding carboxylic acids is 1. The molecule has 3 rings (SSSR count). The van der Waals surface area contributed by atoms with Crippen LogP contribution >= 0.6 is 0 Å². The maximum atomic E-state index is 12.4. The van der Waals surface area contributed by atoms with Crippen molar-refractivity contribution in [2.45, 2.75) is 32.7 Å². The van der Waals surface area contributed by atoms with Gasteiger partial charge in [0.05, 0.1) is 18.8 Å². The van der Waals surface area contributed by atoms with Crippen LogP contribution in [0.4, 0.5) is 5.82 Å². The molecule has 6 nitrogen and oxygen atoms in total. The number of para-hydroxylation sites is 1. The fourth-order valence-electron chi connectivity index (χ4n) is 2.84. The summed E-state index contributed by atoms with van der Waals surface area (Å²) in [5.74, 6) is 1.23. The van der Waals surface area contributed by atoms with Gasteiger partial charge in [0.1, 0.15) is 24.8 Å². The molecule has 0 saturated carbocycles. The third-order valence-electron chi connectivity index (χ3n) is 4.46. The summed E-state index contributed by atoms with van der Waals surface area (Å²) in [7, 11) is 0. The second-order valence-corrected chi connectivity index (χ2v) is 8.07. The molecule has 0 aliphatic carbocycles. The summed E-state index contributed by atoms with van der Waals surface area (Å²) in [6, 6.07) is 21.5. The molecule has 0 radical (unpaired) electrons. The highest BCUT2D eigenvalue weighted by atomic mass is 16.5. The lowest BCUT2D eigenvalue weighted by atomic mass is 9.92. The topological polar surface area (TPSA) is 65.4 Å². The van der Waals surface area contributed by atoms with E-state index in [-0.39, 0.29) is 17.9 Å². The maximum Gasteiger partial charge on any atom is 0.251 e. The Bertz CT molecular complexity index is 931. The molecule has 0 aliphatic rings. The fourth-order valence-corrected chi connectivity index (χ4v) is 2.84. The Labute approximate surface area is 177 Å². The summed E-state index contributed by atoms with van der Waals surface area (Å²) in [5.41, 5.74) is 1.92. The Hall–Kier alpha value is -3.12. The monoisotopic (exact) mass is 407 g/mol. The summed E-state index contributed by atoms with van der Waals surface area (Å²) in [5, 5.41) is 7.64. The molecule has 0 saturated heterocycles. The van der Waals surface area contributed by atoms with Gasteiger partial charge in [-0.1, -0.05) is 69.3 Å². The Morgan fingerprint density at radius 2 is 1.67 bits per heavy atom. The summed E-state index contributed by atoms with van der Waals surface area (Å²) >= 11 is 0. The minimum Gasteiger partial charge on any atom is -0.491 e. The number of nitrogens with one attached hydrogen (secondary N) is 1. The van der Waals surface area contributed by atoms with Crippen molar-refractivity contribution in [1.29, 1.82) is 0 Å². The van der Waals surface area contributed by atoms with E-state index >= 15 is 0 Å². The molecule has 1 aromatic heterocycles. The van der Waals surface area contributed by atoms with Crippen molar-refractivity contribution >= 4 is 11.7 Å². The SMILES string of the molecule is CC(C)(C)c1cc(NC(=O)COCCOc2ccccc2)n(Cc2ccccc2)n1. The second kappa shape index (κ2) is 10.1. The van der Waals surface area contributed by atoms with Gasteiger partial charge in [-0.25, -0.2) is 4.68 Å². The second-order valence-electron chi connectivity index (χ2n) is 8.07. The van der Waals surface area contributed by atoms with E-state index in [1.165, 1.54) is 0 Å². The Morgan fingerprint density at radius 3 is 2.33 bits per heavy atom. The lowest BCUT2D eigenvalue weighted by molar-refractivity contribution is -0.120. The highest BCUT2D eigenvalue weighted by Crippen LogP contribution is 2.24. The average molecular weight is 408 g/mol. The molecule has 0 spiro atoms. The van der Waals surface area contributed by atoms with Gasteiger partial charge >= 0.3 is 0 Å². The molecule has 1 amide bonds. The molecule has 0 unspecified atom stereocenters. The number of ether oxygens (including phenoxy) is 2. The molecule has 1 heterocycles. The number of nitrogens with zero attached hydrogens (tertiary/aromatic N) is 2. The minimum atomic E-state index is -0.218. The molecule has 0 bridgehead atoms. The lowest BCUT2D eigenvalue weighted by Gasteiger charge is -2.14. The number of amides is 1. The van der Waals surface area contributed by atoms with Crippen LogP contribution in [0.5, 0.6) is 5.75 Å². The van der Waals surface area contributed by atoms with Gasteiger partial charge < -0.3 is 14.8 Å². The van der Waals surface area contributed by atoms with Gasteiger partial charge in [-0.3, -0.25) is 4.79 Å². The molecule has 0 fully saturated rings. The Morgan fingerprint density at radius 1 is 1.00 bits per heavy atom. The molecular formula is C24H29N3O3. The highest BCUT2D eigenvalue weighted by molar-refractivity contribution is 5.91. The lowest BCUT2D eigenvalue weighted by Crippen LogP contribution is -2.22. The van der Waals surface area contributed by atoms with Crippen molar-refractivity contribution in [3.63, 3.8) is 0 Å². The van der Waals surface area contributed by atoms with Gasteiger partial charge in [0, 0.05) is 11.5 Å². The number of hydrogen-bond donors (Lipinski definition) is 1. The molecule has 0 atom stereocenters. The molecule has 3 aromatic rings. The average Bonchev–Trinajstić information content (AvgIpc) is 3.12. The standard InChI is InChI=1S/C24H29N3O3/c1-24(2,3)21-16-22(27(26-21)17-19-10-6-4-7-11-19)25-23(28)18-29-14-15-30-20-12-8-5-9-13-20/h4-13,16H,14-15,17-18H2,1-3H3,(H,25,28). The van der Waals surface area contributed by atoms with Crippen LogP contribution in [0.15, 0.2) is 66.7 Å². The van der Waals surface area contributed by atoms with Crippen molar-refractivity contribution in [3.05, 3.63) is 78.0 Å². The predicted octanol–water partition coefficient (Wildman–Crippen LogP) is 4.26. The van der Waals surface area contributed by atoms with E-state index in [1.807, 2.05) is 71.4 Å². The third kappa shape index (κ3) is 6.46. The first-order chi connectivity index (χ1) is 14.4. The van der Waals surface area contributed by atoms with Crippen LogP contribution in [0.1, 0.15) is 32.0 Å². The molecule has 158 valence electrons. The first kappa shape index (κ1) is 21.6. The van der Waals surface area contributed by atoms with Crippen molar-refractivity contribution in [3.8, 4) is 5.75 Å². The molecule has 2 aromatic carbocycles. The predicted molar refractivity (Wildman–Crippen MR) is 118 cm³/mol. The minimum absolute atomic E-state index is 0.0421. The number of anilines is 1. The smallest absolute Gasteiger partial charge is 0.251 e. The van der Waals surface area contributed by atoms with Crippen molar-refractivity contribution in [1.82, 2.24) is 9.78 Å². The first-order valence-electron chi connectivity index (χ1n) is 10.1. The van der Waals surface area contributed by atoms with E-state index in [1.54, 1.807) is 0 Å². The van der Waals surface area contributed by atoms with Crippen LogP contribution in [-0.4, -0.2) is 35.5 Å². The van der Waals surface area contributed by atoms with E-state index in [0.717, 1.165) is 17.0 Å². The van der Waals surface area contributed by atoms with Crippen LogP contribution < -0.4 is 10.1 Å². The summed E-state index contributed by atoms with van der Waals surface area (Å²) in [4.78, 5) is 12.4. The Kier molecular flexibility index (Phi) is 7.25. The third-order valence-corrected chi connectivity index (χ3v) is 4.46. The normalized spacial score (nSPS) is 11.3.